The maximum Gasteiger partial charge on any atom is 0.311 e. The number of benzene rings is 2. The molecule has 4 rings (SSSR count). The van der Waals surface area contributed by atoms with Gasteiger partial charge in [0, 0.05) is 36.8 Å². The first-order valence-electron chi connectivity index (χ1n) is 10.6. The summed E-state index contributed by atoms with van der Waals surface area (Å²) in [4.78, 5) is 32.7. The molecule has 12 heteroatoms. The second-order valence-corrected chi connectivity index (χ2v) is 7.56. The minimum Gasteiger partial charge on any atom is -0.493 e. The zero-order valence-electron chi connectivity index (χ0n) is 19.6. The molecule has 4 aromatic rings. The van der Waals surface area contributed by atoms with Crippen LogP contribution in [0.4, 0.5) is 17.3 Å². The number of nitrogens with one attached hydrogen (secondary N) is 2. The fraction of sp³-hybridized carbons (Fsp3) is 0.261. The Bertz CT molecular complexity index is 1490. The lowest BCUT2D eigenvalue weighted by Gasteiger charge is -2.14. The molecule has 0 radical (unpaired) electrons. The summed E-state index contributed by atoms with van der Waals surface area (Å²) in [6, 6.07) is 8.00. The van der Waals surface area contributed by atoms with E-state index in [1.807, 2.05) is 7.05 Å². The van der Waals surface area contributed by atoms with E-state index in [0.717, 1.165) is 0 Å². The predicted octanol–water partition coefficient (Wildman–Crippen LogP) is 2.75. The largest absolute Gasteiger partial charge is 0.493 e. The lowest BCUT2D eigenvalue weighted by atomic mass is 10.1. The van der Waals surface area contributed by atoms with E-state index >= 15 is 0 Å². The van der Waals surface area contributed by atoms with E-state index in [1.54, 1.807) is 32.4 Å². The number of pyridine rings is 1. The molecule has 0 amide bonds. The summed E-state index contributed by atoms with van der Waals surface area (Å²) in [5, 5.41) is 18.2. The van der Waals surface area contributed by atoms with Crippen LogP contribution in [0.5, 0.6) is 17.2 Å². The monoisotopic (exact) mass is 480 g/mol. The molecule has 0 atom stereocenters. The Hall–Kier alpha value is -4.45. The molecular formula is C23H24N6O6. The number of rotatable bonds is 9. The summed E-state index contributed by atoms with van der Waals surface area (Å²) in [5.41, 5.74) is 0.861. The Morgan fingerprint density at radius 2 is 1.86 bits per heavy atom. The molecule has 35 heavy (non-hydrogen) atoms. The van der Waals surface area contributed by atoms with Crippen LogP contribution in [-0.4, -0.2) is 53.9 Å². The average molecular weight is 480 g/mol. The number of nitro groups is 1. The fourth-order valence-electron chi connectivity index (χ4n) is 3.67. The lowest BCUT2D eigenvalue weighted by Crippen LogP contribution is -2.18. The Kier molecular flexibility index (Phi) is 6.64. The van der Waals surface area contributed by atoms with E-state index in [4.69, 9.17) is 14.2 Å². The number of nitro benzene ring substituents is 1. The maximum absolute atomic E-state index is 12.9. The SMILES string of the molecule is CNCCOc1ccc(Nc2ncc3c(n2)c2cc(OC)c([N+](=O)[O-])cc2c(=O)n3C)cc1OC. The van der Waals surface area contributed by atoms with Crippen LogP contribution in [0.25, 0.3) is 21.8 Å². The topological polar surface area (TPSA) is 143 Å². The van der Waals surface area contributed by atoms with Crippen LogP contribution in [0.1, 0.15) is 0 Å². The molecule has 2 aromatic carbocycles. The average Bonchev–Trinajstić information content (AvgIpc) is 2.87. The quantitative estimate of drug-likeness (QED) is 0.159. The van der Waals surface area contributed by atoms with Gasteiger partial charge in [0.2, 0.25) is 5.95 Å². The van der Waals surface area contributed by atoms with Crippen LogP contribution in [0.15, 0.2) is 41.3 Å². The minimum absolute atomic E-state index is 0.0313. The summed E-state index contributed by atoms with van der Waals surface area (Å²) in [6.45, 7) is 1.18. The van der Waals surface area contributed by atoms with E-state index in [2.05, 4.69) is 20.6 Å². The van der Waals surface area contributed by atoms with Crippen molar-refractivity contribution in [3.63, 3.8) is 0 Å². The van der Waals surface area contributed by atoms with Crippen molar-refractivity contribution >= 4 is 39.1 Å². The third-order valence-corrected chi connectivity index (χ3v) is 5.47. The van der Waals surface area contributed by atoms with Crippen LogP contribution in [0.3, 0.4) is 0 Å². The summed E-state index contributed by atoms with van der Waals surface area (Å²) in [6.07, 6.45) is 1.52. The normalized spacial score (nSPS) is 11.0. The van der Waals surface area contributed by atoms with E-state index in [0.29, 0.717) is 46.8 Å². The number of fused-ring (bicyclic) bond motifs is 3. The molecule has 0 unspecified atom stereocenters. The van der Waals surface area contributed by atoms with Gasteiger partial charge in [0.05, 0.1) is 36.2 Å². The first-order valence-corrected chi connectivity index (χ1v) is 10.6. The number of likely N-dealkylation sites (N-methyl/N-ethyl adjacent to an activating group) is 1. The summed E-state index contributed by atoms with van der Waals surface area (Å²) >= 11 is 0. The highest BCUT2D eigenvalue weighted by Gasteiger charge is 2.21. The number of hydrogen-bond donors (Lipinski definition) is 2. The van der Waals surface area contributed by atoms with Crippen molar-refractivity contribution < 1.29 is 19.1 Å². The Labute approximate surface area is 199 Å². The summed E-state index contributed by atoms with van der Waals surface area (Å²) in [5.74, 6) is 1.43. The van der Waals surface area contributed by atoms with Gasteiger partial charge in [0.25, 0.3) is 5.56 Å². The van der Waals surface area contributed by atoms with Gasteiger partial charge in [0.1, 0.15) is 12.1 Å². The van der Waals surface area contributed by atoms with Gasteiger partial charge in [-0.05, 0) is 25.2 Å². The number of nitrogens with zero attached hydrogens (tertiary/aromatic N) is 4. The molecule has 0 saturated heterocycles. The summed E-state index contributed by atoms with van der Waals surface area (Å²) < 4.78 is 17.7. The van der Waals surface area contributed by atoms with Gasteiger partial charge in [-0.3, -0.25) is 14.9 Å². The number of methoxy groups -OCH3 is 2. The number of hydrogen-bond acceptors (Lipinski definition) is 10. The molecular weight excluding hydrogens is 456 g/mol. The second-order valence-electron chi connectivity index (χ2n) is 7.56. The number of ether oxygens (including phenoxy) is 3. The molecule has 0 aliphatic heterocycles. The number of aromatic nitrogens is 3. The highest BCUT2D eigenvalue weighted by Crippen LogP contribution is 2.34. The molecule has 182 valence electrons. The molecule has 12 nitrogen and oxygen atoms in total. The Balaban J connectivity index is 1.79. The number of anilines is 2. The molecule has 0 aliphatic rings. The minimum atomic E-state index is -0.589. The highest BCUT2D eigenvalue weighted by atomic mass is 16.6. The van der Waals surface area contributed by atoms with E-state index in [9.17, 15) is 14.9 Å². The molecule has 0 fully saturated rings. The zero-order chi connectivity index (χ0) is 25.1. The van der Waals surface area contributed by atoms with E-state index < -0.39 is 10.5 Å². The van der Waals surface area contributed by atoms with Crippen LogP contribution in [0.2, 0.25) is 0 Å². The molecule has 0 bridgehead atoms. The second kappa shape index (κ2) is 9.81. The molecule has 2 heterocycles. The van der Waals surface area contributed by atoms with Crippen LogP contribution < -0.4 is 30.4 Å². The van der Waals surface area contributed by atoms with Crippen molar-refractivity contribution in [2.45, 2.75) is 0 Å². The lowest BCUT2D eigenvalue weighted by molar-refractivity contribution is -0.385. The summed E-state index contributed by atoms with van der Waals surface area (Å²) in [7, 11) is 6.29. The molecule has 0 saturated carbocycles. The fourth-order valence-corrected chi connectivity index (χ4v) is 3.67. The zero-order valence-corrected chi connectivity index (χ0v) is 19.6. The standard InChI is InChI=1S/C23H24N6O6/c1-24-7-8-35-18-6-5-13(9-20(18)34-4)26-23-25-12-17-21(27-23)14-11-19(33-3)16(29(31)32)10-15(14)22(30)28(17)2/h5-6,9-12,24H,7-8H2,1-4H3,(H,25,26,27). The number of aryl methyl sites for hydroxylation is 1. The van der Waals surface area contributed by atoms with Crippen molar-refractivity contribution in [3.05, 3.63) is 57.0 Å². The van der Waals surface area contributed by atoms with Gasteiger partial charge in [-0.25, -0.2) is 9.97 Å². The van der Waals surface area contributed by atoms with E-state index in [-0.39, 0.29) is 22.8 Å². The third-order valence-electron chi connectivity index (χ3n) is 5.47. The van der Waals surface area contributed by atoms with Gasteiger partial charge in [-0.15, -0.1) is 0 Å². The van der Waals surface area contributed by atoms with Crippen molar-refractivity contribution in [2.24, 2.45) is 7.05 Å². The molecule has 2 N–H and O–H groups in total. The van der Waals surface area contributed by atoms with Crippen molar-refractivity contribution in [3.8, 4) is 17.2 Å². The third kappa shape index (κ3) is 4.51. The maximum atomic E-state index is 12.9. The Morgan fingerprint density at radius 1 is 1.09 bits per heavy atom. The van der Waals surface area contributed by atoms with Crippen LogP contribution >= 0.6 is 0 Å². The van der Waals surface area contributed by atoms with Gasteiger partial charge >= 0.3 is 5.69 Å². The highest BCUT2D eigenvalue weighted by molar-refractivity contribution is 6.05. The van der Waals surface area contributed by atoms with Crippen molar-refractivity contribution in [2.75, 3.05) is 39.7 Å². The predicted molar refractivity (Wildman–Crippen MR) is 131 cm³/mol. The van der Waals surface area contributed by atoms with Crippen molar-refractivity contribution in [1.82, 2.24) is 19.9 Å². The van der Waals surface area contributed by atoms with E-state index in [1.165, 1.54) is 30.0 Å². The first kappa shape index (κ1) is 23.7. The van der Waals surface area contributed by atoms with Crippen molar-refractivity contribution in [1.29, 1.82) is 0 Å². The molecule has 0 aliphatic carbocycles. The smallest absolute Gasteiger partial charge is 0.311 e. The van der Waals surface area contributed by atoms with Gasteiger partial charge in [-0.1, -0.05) is 0 Å². The Morgan fingerprint density at radius 3 is 2.54 bits per heavy atom. The van der Waals surface area contributed by atoms with Crippen LogP contribution in [-0.2, 0) is 7.05 Å². The first-order chi connectivity index (χ1) is 16.9. The van der Waals surface area contributed by atoms with Gasteiger partial charge < -0.3 is 29.4 Å². The van der Waals surface area contributed by atoms with Crippen LogP contribution in [0, 0.1) is 10.1 Å². The van der Waals surface area contributed by atoms with Gasteiger partial charge in [0.15, 0.2) is 17.2 Å². The molecule has 0 spiro atoms. The molecule has 2 aromatic heterocycles. The van der Waals surface area contributed by atoms with Gasteiger partial charge in [-0.2, -0.15) is 0 Å².